The molecule has 2 aromatic carbocycles. The van der Waals surface area contributed by atoms with Gasteiger partial charge < -0.3 is 26.4 Å². The molecule has 2 aliphatic rings. The summed E-state index contributed by atoms with van der Waals surface area (Å²) in [6.45, 7) is 3.84. The Morgan fingerprint density at radius 3 is 2.67 bits per heavy atom. The molecule has 2 amide bonds. The van der Waals surface area contributed by atoms with Gasteiger partial charge in [-0.15, -0.1) is 0 Å². The number of hydrogen-bond acceptors (Lipinski definition) is 5. The van der Waals surface area contributed by atoms with E-state index in [0.29, 0.717) is 29.4 Å². The number of nitrogens with two attached hydrogens (primary N) is 2. The third-order valence-electron chi connectivity index (χ3n) is 7.25. The number of nitrogens with zero attached hydrogens (tertiary/aromatic N) is 2. The van der Waals surface area contributed by atoms with Crippen LogP contribution in [0, 0.1) is 5.82 Å². The zero-order valence-electron chi connectivity index (χ0n) is 19.7. The number of urea groups is 1. The highest BCUT2D eigenvalue weighted by Crippen LogP contribution is 2.45. The first-order chi connectivity index (χ1) is 17.2. The van der Waals surface area contributed by atoms with Crippen LogP contribution in [0.2, 0.25) is 10.0 Å². The van der Waals surface area contributed by atoms with Crippen LogP contribution < -0.4 is 21.5 Å². The highest BCUT2D eigenvalue weighted by molar-refractivity contribution is 6.36. The molecule has 5 N–H and O–H groups in total. The molecule has 3 aromatic rings. The lowest BCUT2D eigenvalue weighted by Crippen LogP contribution is -2.47. The van der Waals surface area contributed by atoms with Crippen LogP contribution in [-0.2, 0) is 5.41 Å². The third-order valence-corrected chi connectivity index (χ3v) is 7.96. The molecular formula is C26H26Cl2FN5O2. The molecule has 1 spiro atoms. The summed E-state index contributed by atoms with van der Waals surface area (Å²) >= 11 is 12.4. The fraction of sp³-hybridized carbons (Fsp3) is 0.308. The van der Waals surface area contributed by atoms with Gasteiger partial charge in [0.05, 0.1) is 5.02 Å². The molecule has 36 heavy (non-hydrogen) atoms. The zero-order chi connectivity index (χ0) is 25.6. The van der Waals surface area contributed by atoms with Crippen molar-refractivity contribution in [3.8, 4) is 16.9 Å². The molecule has 0 radical (unpaired) electrons. The van der Waals surface area contributed by atoms with Gasteiger partial charge >= 0.3 is 6.03 Å². The number of amides is 2. The monoisotopic (exact) mass is 529 g/mol. The van der Waals surface area contributed by atoms with E-state index >= 15 is 0 Å². The average Bonchev–Trinajstić information content (AvgIpc) is 3.20. The van der Waals surface area contributed by atoms with Crippen molar-refractivity contribution in [1.82, 2.24) is 9.88 Å². The van der Waals surface area contributed by atoms with Gasteiger partial charge in [0.2, 0.25) is 0 Å². The SMILES string of the molecule is C[C@@H](Oc1cc(-c2ccc3c(c2)NCC32CCN(C(N)=O)CC2)cnc1N)c1c(Cl)ccc(F)c1Cl. The maximum absolute atomic E-state index is 14.0. The molecule has 7 nitrogen and oxygen atoms in total. The lowest BCUT2D eigenvalue weighted by Gasteiger charge is -2.38. The number of piperidine rings is 1. The predicted molar refractivity (Wildman–Crippen MR) is 140 cm³/mol. The maximum atomic E-state index is 14.0. The summed E-state index contributed by atoms with van der Waals surface area (Å²) in [5.41, 5.74) is 16.0. The summed E-state index contributed by atoms with van der Waals surface area (Å²) in [4.78, 5) is 17.5. The lowest BCUT2D eigenvalue weighted by molar-refractivity contribution is 0.171. The first kappa shape index (κ1) is 24.5. The number of carbonyl (C=O) groups excluding carboxylic acids is 1. The van der Waals surface area contributed by atoms with Crippen molar-refractivity contribution < 1.29 is 13.9 Å². The first-order valence-corrected chi connectivity index (χ1v) is 12.4. The van der Waals surface area contributed by atoms with Gasteiger partial charge in [-0.2, -0.15) is 0 Å². The Hall–Kier alpha value is -3.23. The van der Waals surface area contributed by atoms with E-state index < -0.39 is 11.9 Å². The number of ether oxygens (including phenoxy) is 1. The molecule has 10 heteroatoms. The van der Waals surface area contributed by atoms with Crippen LogP contribution in [0.25, 0.3) is 11.1 Å². The number of aromatic nitrogens is 1. The molecule has 0 unspecified atom stereocenters. The normalized spacial score (nSPS) is 16.9. The average molecular weight is 530 g/mol. The number of pyridine rings is 1. The van der Waals surface area contributed by atoms with Crippen molar-refractivity contribution >= 4 is 40.7 Å². The second-order valence-corrected chi connectivity index (χ2v) is 10.1. The summed E-state index contributed by atoms with van der Waals surface area (Å²) in [6, 6.07) is 10.4. The number of benzene rings is 2. The quantitative estimate of drug-likeness (QED) is 0.372. The Morgan fingerprint density at radius 1 is 1.19 bits per heavy atom. The van der Waals surface area contributed by atoms with Gasteiger partial charge in [-0.3, -0.25) is 0 Å². The maximum Gasteiger partial charge on any atom is 0.314 e. The number of anilines is 2. The van der Waals surface area contributed by atoms with Gasteiger partial charge in [-0.25, -0.2) is 14.2 Å². The molecule has 0 bridgehead atoms. The number of hydrogen-bond donors (Lipinski definition) is 3. The topological polar surface area (TPSA) is 106 Å². The van der Waals surface area contributed by atoms with Crippen molar-refractivity contribution in [2.75, 3.05) is 30.7 Å². The Labute approximate surface area is 218 Å². The van der Waals surface area contributed by atoms with Crippen LogP contribution in [-0.4, -0.2) is 35.5 Å². The van der Waals surface area contributed by atoms with Gasteiger partial charge in [-0.1, -0.05) is 35.3 Å². The molecule has 0 aliphatic carbocycles. The van der Waals surface area contributed by atoms with Crippen LogP contribution in [0.4, 0.5) is 20.7 Å². The number of nitrogens with one attached hydrogen (secondary N) is 1. The molecule has 2 aliphatic heterocycles. The molecule has 1 fully saturated rings. The molecule has 5 rings (SSSR count). The van der Waals surface area contributed by atoms with Gasteiger partial charge in [0.1, 0.15) is 11.9 Å². The largest absolute Gasteiger partial charge is 0.482 e. The van der Waals surface area contributed by atoms with E-state index in [-0.39, 0.29) is 22.3 Å². The molecule has 0 saturated carbocycles. The van der Waals surface area contributed by atoms with E-state index in [1.54, 1.807) is 24.1 Å². The smallest absolute Gasteiger partial charge is 0.314 e. The highest BCUT2D eigenvalue weighted by Gasteiger charge is 2.42. The number of carbonyl (C=O) groups is 1. The van der Waals surface area contributed by atoms with Gasteiger partial charge in [-0.05, 0) is 55.2 Å². The van der Waals surface area contributed by atoms with Crippen molar-refractivity contribution in [3.05, 3.63) is 69.6 Å². The molecule has 1 saturated heterocycles. The summed E-state index contributed by atoms with van der Waals surface area (Å²) < 4.78 is 20.0. The number of nitrogen functional groups attached to an aromatic ring is 1. The fourth-order valence-corrected chi connectivity index (χ4v) is 5.84. The van der Waals surface area contributed by atoms with E-state index in [1.165, 1.54) is 17.7 Å². The molecule has 1 atom stereocenters. The van der Waals surface area contributed by atoms with Crippen LogP contribution in [0.5, 0.6) is 5.75 Å². The summed E-state index contributed by atoms with van der Waals surface area (Å²) in [6.07, 6.45) is 2.75. The van der Waals surface area contributed by atoms with E-state index in [1.807, 2.05) is 0 Å². The van der Waals surface area contributed by atoms with Crippen LogP contribution in [0.3, 0.4) is 0 Å². The van der Waals surface area contributed by atoms with E-state index in [4.69, 9.17) is 39.4 Å². The minimum atomic E-state index is -0.659. The fourth-order valence-electron chi connectivity index (χ4n) is 5.17. The van der Waals surface area contributed by atoms with E-state index in [9.17, 15) is 9.18 Å². The Kier molecular flexibility index (Phi) is 6.34. The summed E-state index contributed by atoms with van der Waals surface area (Å²) in [5, 5.41) is 3.75. The minimum Gasteiger partial charge on any atom is -0.482 e. The van der Waals surface area contributed by atoms with Gasteiger partial charge in [0.25, 0.3) is 0 Å². The second kappa shape index (κ2) is 9.33. The molecule has 1 aromatic heterocycles. The Bertz CT molecular complexity index is 1340. The van der Waals surface area contributed by atoms with Crippen LogP contribution in [0.15, 0.2) is 42.6 Å². The second-order valence-electron chi connectivity index (χ2n) is 9.34. The molecule has 3 heterocycles. The van der Waals surface area contributed by atoms with Crippen LogP contribution in [0.1, 0.15) is 37.0 Å². The van der Waals surface area contributed by atoms with Crippen molar-refractivity contribution in [1.29, 1.82) is 0 Å². The molecule has 188 valence electrons. The Balaban J connectivity index is 1.40. The molecular weight excluding hydrogens is 504 g/mol. The van der Waals surface area contributed by atoms with Crippen molar-refractivity contribution in [2.24, 2.45) is 5.73 Å². The lowest BCUT2D eigenvalue weighted by atomic mass is 9.74. The number of rotatable bonds is 4. The Morgan fingerprint density at radius 2 is 1.94 bits per heavy atom. The van der Waals surface area contributed by atoms with Crippen LogP contribution >= 0.6 is 23.2 Å². The number of likely N-dealkylation sites (tertiary alicyclic amines) is 1. The minimum absolute atomic E-state index is 0.00756. The zero-order valence-corrected chi connectivity index (χ0v) is 21.2. The number of primary amides is 1. The van der Waals surface area contributed by atoms with Crippen molar-refractivity contribution in [3.63, 3.8) is 0 Å². The number of halogens is 3. The van der Waals surface area contributed by atoms with E-state index in [2.05, 4.69) is 28.5 Å². The summed E-state index contributed by atoms with van der Waals surface area (Å²) in [7, 11) is 0. The van der Waals surface area contributed by atoms with Crippen molar-refractivity contribution in [2.45, 2.75) is 31.3 Å². The first-order valence-electron chi connectivity index (χ1n) is 11.7. The van der Waals surface area contributed by atoms with Gasteiger partial charge in [0.15, 0.2) is 11.6 Å². The summed E-state index contributed by atoms with van der Waals surface area (Å²) in [5.74, 6) is -0.0241. The standard InChI is InChI=1S/C26H26Cl2FN5O2/c1-14(22-18(27)4-5-19(29)23(22)28)36-21-11-16(12-32-24(21)30)15-2-3-17-20(10-15)33-13-26(17)6-8-34(9-7-26)25(31)35/h2-5,10-12,14,33H,6-9,13H2,1H3,(H2,30,32)(H2,31,35)/t14-/m1/s1. The number of fused-ring (bicyclic) bond motifs is 2. The third kappa shape index (κ3) is 4.29. The van der Waals surface area contributed by atoms with E-state index in [0.717, 1.165) is 36.2 Å². The highest BCUT2D eigenvalue weighted by atomic mass is 35.5. The van der Waals surface area contributed by atoms with Gasteiger partial charge in [0, 0.05) is 53.1 Å². The predicted octanol–water partition coefficient (Wildman–Crippen LogP) is 5.75.